The summed E-state index contributed by atoms with van der Waals surface area (Å²) in [6, 6.07) is 0. The van der Waals surface area contributed by atoms with E-state index in [0.717, 1.165) is 0 Å². The maximum Gasteiger partial charge on any atom is 0.280 e. The summed E-state index contributed by atoms with van der Waals surface area (Å²) in [5.41, 5.74) is 0.351. The van der Waals surface area contributed by atoms with Crippen LogP contribution in [0.4, 0.5) is 0 Å². The van der Waals surface area contributed by atoms with Crippen LogP contribution in [0, 0.1) is 0 Å². The van der Waals surface area contributed by atoms with E-state index in [0.29, 0.717) is 0 Å². The van der Waals surface area contributed by atoms with E-state index in [1.54, 1.807) is 0 Å². The number of hydrogen-bond donors (Lipinski definition) is 2. The minimum Gasteiger partial charge on any atom is -0.756 e. The number of phosphoric acid groups is 3. The Bertz CT molecular complexity index is 1130. The summed E-state index contributed by atoms with van der Waals surface area (Å²) in [5, 5.41) is 9.89. The molecule has 0 aliphatic carbocycles. The molecule has 2 aromatic rings. The molecule has 1 aliphatic heterocycles. The van der Waals surface area contributed by atoms with Gasteiger partial charge in [-0.2, -0.15) is 4.98 Å². The Morgan fingerprint density at radius 3 is 2.52 bits per heavy atom. The Morgan fingerprint density at radius 1 is 1.19 bits per heavy atom. The van der Waals surface area contributed by atoms with Gasteiger partial charge in [-0.15, -0.1) is 0 Å². The molecule has 0 aromatic carbocycles. The maximum absolute atomic E-state index is 11.6. The SMILES string of the molecule is O=P([O-])(O)OP(=O)([O-])OP(=O)([O-])OC[C@H]1O[C@@H](n2cnc3c(Cl)nc(Cl)nc32)C[C@@H]1O. The predicted octanol–water partition coefficient (Wildman–Crippen LogP) is -0.771. The summed E-state index contributed by atoms with van der Waals surface area (Å²) in [6.07, 6.45) is -2.32. The Labute approximate surface area is 182 Å². The zero-order chi connectivity index (χ0) is 23.2. The van der Waals surface area contributed by atoms with E-state index in [-0.39, 0.29) is 28.0 Å². The van der Waals surface area contributed by atoms with Crippen LogP contribution >= 0.6 is 46.7 Å². The lowest BCUT2D eigenvalue weighted by molar-refractivity contribution is -0.250. The van der Waals surface area contributed by atoms with Gasteiger partial charge in [0, 0.05) is 6.42 Å². The number of aliphatic hydroxyl groups is 1. The monoisotopic (exact) mass is 541 g/mol. The van der Waals surface area contributed by atoms with Crippen LogP contribution < -0.4 is 14.7 Å². The molecule has 1 aliphatic rings. The number of halogens is 2. The molecular formula is C10H10Cl2N4O12P3-3. The Morgan fingerprint density at radius 2 is 1.87 bits per heavy atom. The van der Waals surface area contributed by atoms with Gasteiger partial charge in [-0.1, -0.05) is 11.6 Å². The van der Waals surface area contributed by atoms with Crippen molar-refractivity contribution >= 4 is 57.8 Å². The second kappa shape index (κ2) is 9.01. The molecule has 21 heteroatoms. The lowest BCUT2D eigenvalue weighted by Gasteiger charge is -2.33. The second-order valence-corrected chi connectivity index (χ2v) is 10.8. The van der Waals surface area contributed by atoms with Gasteiger partial charge >= 0.3 is 0 Å². The molecule has 174 valence electrons. The fourth-order valence-electron chi connectivity index (χ4n) is 2.56. The lowest BCUT2D eigenvalue weighted by atomic mass is 10.2. The molecule has 0 radical (unpaired) electrons. The molecular weight excluding hydrogens is 532 g/mol. The number of rotatable bonds is 8. The zero-order valence-electron chi connectivity index (χ0n) is 14.6. The molecule has 1 fully saturated rings. The molecule has 1 saturated heterocycles. The standard InChI is InChI=1S/C10H13Cl2N4O12P3/c11-8-7-9(15-10(12)14-8)16(3-13-7)6-1-4(17)5(26-6)2-25-30(21,22)28-31(23,24)27-29(18,19)20/h3-6,17H,1-2H2,(H,21,22)(H,23,24)(H2,18,19,20)/p-3/t4-,5+,6+/m0/s1. The van der Waals surface area contributed by atoms with Crippen LogP contribution in [0.2, 0.25) is 10.4 Å². The zero-order valence-corrected chi connectivity index (χ0v) is 18.8. The van der Waals surface area contributed by atoms with Gasteiger partial charge in [0.25, 0.3) is 23.5 Å². The average molecular weight is 542 g/mol. The molecule has 2 N–H and O–H groups in total. The summed E-state index contributed by atoms with van der Waals surface area (Å²) in [4.78, 5) is 53.2. The fourth-order valence-corrected chi connectivity index (χ4v) is 5.87. The van der Waals surface area contributed by atoms with Gasteiger partial charge in [-0.25, -0.2) is 18.6 Å². The fraction of sp³-hybridized carbons (Fsp3) is 0.500. The average Bonchev–Trinajstić information content (AvgIpc) is 3.13. The first-order valence-corrected chi connectivity index (χ1v) is 13.0. The van der Waals surface area contributed by atoms with Gasteiger partial charge in [0.05, 0.1) is 19.0 Å². The summed E-state index contributed by atoms with van der Waals surface area (Å²) >= 11 is 11.7. The van der Waals surface area contributed by atoms with Gasteiger partial charge in [-0.3, -0.25) is 18.3 Å². The third-order valence-electron chi connectivity index (χ3n) is 3.67. The summed E-state index contributed by atoms with van der Waals surface area (Å²) in [5.74, 6) is 0. The molecule has 6 atom stereocenters. The van der Waals surface area contributed by atoms with E-state index in [1.807, 2.05) is 0 Å². The number of aromatic nitrogens is 4. The van der Waals surface area contributed by atoms with Crippen molar-refractivity contribution in [2.24, 2.45) is 0 Å². The summed E-state index contributed by atoms with van der Waals surface area (Å²) in [6.45, 7) is -0.921. The smallest absolute Gasteiger partial charge is 0.280 e. The molecule has 0 bridgehead atoms. The van der Waals surface area contributed by atoms with Crippen molar-refractivity contribution in [2.75, 3.05) is 6.61 Å². The Hall–Kier alpha value is -0.540. The second-order valence-electron chi connectivity index (χ2n) is 5.86. The van der Waals surface area contributed by atoms with E-state index in [9.17, 15) is 33.5 Å². The molecule has 3 rings (SSSR count). The number of ether oxygens (including phenoxy) is 1. The number of hydrogen-bond acceptors (Lipinski definition) is 14. The highest BCUT2D eigenvalue weighted by Crippen LogP contribution is 2.61. The van der Waals surface area contributed by atoms with Gasteiger partial charge in [0.1, 0.15) is 17.8 Å². The lowest BCUT2D eigenvalue weighted by Crippen LogP contribution is -2.27. The summed E-state index contributed by atoms with van der Waals surface area (Å²) in [7, 11) is -17.6. The van der Waals surface area contributed by atoms with Crippen LogP contribution in [0.15, 0.2) is 6.33 Å². The van der Waals surface area contributed by atoms with Crippen molar-refractivity contribution in [3.63, 3.8) is 0 Å². The number of aliphatic hydroxyl groups excluding tert-OH is 1. The van der Waals surface area contributed by atoms with E-state index in [1.165, 1.54) is 10.9 Å². The van der Waals surface area contributed by atoms with E-state index < -0.39 is 48.5 Å². The van der Waals surface area contributed by atoms with Crippen molar-refractivity contribution in [1.82, 2.24) is 19.5 Å². The number of fused-ring (bicyclic) bond motifs is 1. The topological polar surface area (TPSA) is 241 Å². The van der Waals surface area contributed by atoms with Crippen molar-refractivity contribution in [3.05, 3.63) is 16.8 Å². The highest BCUT2D eigenvalue weighted by atomic mass is 35.5. The summed E-state index contributed by atoms with van der Waals surface area (Å²) < 4.78 is 51.0. The van der Waals surface area contributed by atoms with Gasteiger partial charge in [-0.05, 0) is 11.6 Å². The molecule has 3 heterocycles. The molecule has 0 amide bonds. The van der Waals surface area contributed by atoms with Gasteiger partial charge in [0.2, 0.25) is 5.28 Å². The first kappa shape index (κ1) is 25.1. The van der Waals surface area contributed by atoms with Gasteiger partial charge in [0.15, 0.2) is 10.8 Å². The van der Waals surface area contributed by atoms with Crippen molar-refractivity contribution in [2.45, 2.75) is 24.9 Å². The minimum atomic E-state index is -6.03. The van der Waals surface area contributed by atoms with E-state index in [2.05, 4.69) is 28.1 Å². The van der Waals surface area contributed by atoms with Crippen LogP contribution in [0.3, 0.4) is 0 Å². The Kier molecular flexibility index (Phi) is 7.29. The molecule has 2 aromatic heterocycles. The molecule has 0 saturated carbocycles. The normalized spacial score (nSPS) is 27.6. The van der Waals surface area contributed by atoms with Gasteiger partial charge < -0.3 is 33.9 Å². The first-order valence-electron chi connectivity index (χ1n) is 7.78. The Balaban J connectivity index is 1.66. The maximum atomic E-state index is 11.6. The van der Waals surface area contributed by atoms with Crippen LogP contribution in [0.1, 0.15) is 12.6 Å². The van der Waals surface area contributed by atoms with Crippen molar-refractivity contribution in [1.29, 1.82) is 0 Å². The largest absolute Gasteiger partial charge is 0.756 e. The highest BCUT2D eigenvalue weighted by Gasteiger charge is 2.37. The third kappa shape index (κ3) is 6.50. The van der Waals surface area contributed by atoms with Crippen LogP contribution in [-0.4, -0.2) is 48.3 Å². The number of nitrogens with zero attached hydrogens (tertiary/aromatic N) is 4. The first-order chi connectivity index (χ1) is 14.2. The third-order valence-corrected chi connectivity index (χ3v) is 7.79. The molecule has 0 spiro atoms. The molecule has 16 nitrogen and oxygen atoms in total. The highest BCUT2D eigenvalue weighted by molar-refractivity contribution is 7.65. The number of phosphoric ester groups is 1. The number of imidazole rings is 1. The van der Waals surface area contributed by atoms with Crippen LogP contribution in [-0.2, 0) is 31.6 Å². The van der Waals surface area contributed by atoms with E-state index in [4.69, 9.17) is 32.8 Å². The van der Waals surface area contributed by atoms with Crippen LogP contribution in [0.5, 0.6) is 0 Å². The van der Waals surface area contributed by atoms with Crippen molar-refractivity contribution < 1.29 is 56.3 Å². The minimum absolute atomic E-state index is 0.0358. The molecule has 31 heavy (non-hydrogen) atoms. The molecule has 3 unspecified atom stereocenters. The van der Waals surface area contributed by atoms with E-state index >= 15 is 0 Å². The predicted molar refractivity (Wildman–Crippen MR) is 93.0 cm³/mol. The van der Waals surface area contributed by atoms with Crippen molar-refractivity contribution in [3.8, 4) is 0 Å². The van der Waals surface area contributed by atoms with Crippen LogP contribution in [0.25, 0.3) is 11.2 Å². The quantitative estimate of drug-likeness (QED) is 0.236.